The number of ketones is 1. The van der Waals surface area contributed by atoms with Crippen LogP contribution in [0.2, 0.25) is 0 Å². The van der Waals surface area contributed by atoms with Crippen molar-refractivity contribution in [2.75, 3.05) is 0 Å². The van der Waals surface area contributed by atoms with Crippen LogP contribution in [0, 0.1) is 12.8 Å². The number of fused-ring (bicyclic) bond motifs is 1. The largest absolute Gasteiger partial charge is 0.508 e. The molecule has 2 nitrogen and oxygen atoms in total. The summed E-state index contributed by atoms with van der Waals surface area (Å²) in [6.45, 7) is 7.75. The van der Waals surface area contributed by atoms with Gasteiger partial charge in [-0.25, -0.2) is 0 Å². The summed E-state index contributed by atoms with van der Waals surface area (Å²) in [5, 5.41) is 9.65. The van der Waals surface area contributed by atoms with Crippen molar-refractivity contribution in [1.82, 2.24) is 0 Å². The van der Waals surface area contributed by atoms with Crippen LogP contribution in [0.1, 0.15) is 34.8 Å². The van der Waals surface area contributed by atoms with Gasteiger partial charge >= 0.3 is 0 Å². The van der Waals surface area contributed by atoms with E-state index in [2.05, 4.69) is 6.58 Å². The molecule has 0 bridgehead atoms. The zero-order valence-corrected chi connectivity index (χ0v) is 9.71. The minimum atomic E-state index is 0.164. The Hall–Kier alpha value is -1.57. The summed E-state index contributed by atoms with van der Waals surface area (Å²) in [5.41, 5.74) is 3.63. The molecule has 1 aromatic rings. The molecule has 16 heavy (non-hydrogen) atoms. The fourth-order valence-electron chi connectivity index (χ4n) is 2.27. The van der Waals surface area contributed by atoms with Crippen LogP contribution in [0.15, 0.2) is 24.3 Å². The Morgan fingerprint density at radius 2 is 2.12 bits per heavy atom. The average Bonchev–Trinajstić information content (AvgIpc) is 2.23. The number of aromatic hydroxyl groups is 1. The van der Waals surface area contributed by atoms with Crippen molar-refractivity contribution < 1.29 is 9.90 Å². The Bertz CT molecular complexity index is 472. The van der Waals surface area contributed by atoms with Crippen LogP contribution < -0.4 is 0 Å². The maximum Gasteiger partial charge on any atom is 0.163 e. The van der Waals surface area contributed by atoms with Crippen molar-refractivity contribution in [3.63, 3.8) is 0 Å². The zero-order valence-electron chi connectivity index (χ0n) is 9.71. The van der Waals surface area contributed by atoms with E-state index >= 15 is 0 Å². The smallest absolute Gasteiger partial charge is 0.163 e. The molecule has 1 aliphatic carbocycles. The minimum absolute atomic E-state index is 0.164. The molecule has 2 heteroatoms. The molecular formula is C14H16O2. The lowest BCUT2D eigenvalue weighted by atomic mass is 9.78. The lowest BCUT2D eigenvalue weighted by Gasteiger charge is -2.25. The van der Waals surface area contributed by atoms with Crippen LogP contribution >= 0.6 is 0 Å². The van der Waals surface area contributed by atoms with Crippen LogP contribution in [0.3, 0.4) is 0 Å². The number of phenolic OH excluding ortho intramolecular Hbond substituents is 1. The van der Waals surface area contributed by atoms with E-state index in [0.29, 0.717) is 6.42 Å². The number of hydrogen-bond donors (Lipinski definition) is 1. The number of benzene rings is 1. The third-order valence-electron chi connectivity index (χ3n) is 3.45. The predicted octanol–water partition coefficient (Wildman–Crippen LogP) is 3.02. The third kappa shape index (κ3) is 1.64. The first kappa shape index (κ1) is 10.9. The van der Waals surface area contributed by atoms with E-state index in [9.17, 15) is 9.90 Å². The molecule has 0 spiro atoms. The molecule has 1 aromatic carbocycles. The average molecular weight is 216 g/mol. The third-order valence-corrected chi connectivity index (χ3v) is 3.45. The van der Waals surface area contributed by atoms with Crippen molar-refractivity contribution in [3.05, 3.63) is 41.0 Å². The van der Waals surface area contributed by atoms with E-state index in [-0.39, 0.29) is 17.5 Å². The molecule has 0 aliphatic heterocycles. The van der Waals surface area contributed by atoms with Crippen molar-refractivity contribution in [2.24, 2.45) is 5.92 Å². The summed E-state index contributed by atoms with van der Waals surface area (Å²) in [6.07, 6.45) is 1.36. The Morgan fingerprint density at radius 1 is 1.44 bits per heavy atom. The van der Waals surface area contributed by atoms with Gasteiger partial charge in [-0.3, -0.25) is 4.79 Å². The topological polar surface area (TPSA) is 37.3 Å². The summed E-state index contributed by atoms with van der Waals surface area (Å²) in [6, 6.07) is 3.34. The van der Waals surface area contributed by atoms with Crippen LogP contribution in [0.4, 0.5) is 0 Å². The van der Waals surface area contributed by atoms with Crippen LogP contribution in [0.5, 0.6) is 5.75 Å². The molecule has 0 heterocycles. The second-order valence-corrected chi connectivity index (χ2v) is 4.61. The summed E-state index contributed by atoms with van der Waals surface area (Å²) < 4.78 is 0. The van der Waals surface area contributed by atoms with Gasteiger partial charge in [0.15, 0.2) is 5.78 Å². The quantitative estimate of drug-likeness (QED) is 0.733. The number of carbonyl (C=O) groups excluding carboxylic acids is 1. The minimum Gasteiger partial charge on any atom is -0.508 e. The normalized spacial score (nSPS) is 19.4. The number of hydrogen-bond acceptors (Lipinski definition) is 2. The number of carbonyl (C=O) groups is 1. The van der Waals surface area contributed by atoms with Gasteiger partial charge in [-0.05, 0) is 49.4 Å². The Balaban J connectivity index is 2.51. The highest BCUT2D eigenvalue weighted by atomic mass is 16.3. The summed E-state index contributed by atoms with van der Waals surface area (Å²) in [5.74, 6) is 0.659. The molecule has 0 aromatic heterocycles. The van der Waals surface area contributed by atoms with E-state index in [1.807, 2.05) is 13.8 Å². The van der Waals surface area contributed by atoms with Crippen LogP contribution in [-0.2, 0) is 6.42 Å². The van der Waals surface area contributed by atoms with Gasteiger partial charge in [0.05, 0.1) is 0 Å². The van der Waals surface area contributed by atoms with Crippen molar-refractivity contribution in [3.8, 4) is 5.75 Å². The zero-order chi connectivity index (χ0) is 11.9. The fraction of sp³-hybridized carbons (Fsp3) is 0.357. The first-order valence-corrected chi connectivity index (χ1v) is 5.50. The SMILES string of the molecule is C=C(C)C1CC(=O)c2ccc(O)c(C)c2C1. The van der Waals surface area contributed by atoms with Gasteiger partial charge in [0.25, 0.3) is 0 Å². The number of rotatable bonds is 1. The second-order valence-electron chi connectivity index (χ2n) is 4.61. The number of allylic oxidation sites excluding steroid dienone is 1. The van der Waals surface area contributed by atoms with E-state index in [1.165, 1.54) is 0 Å². The lowest BCUT2D eigenvalue weighted by Crippen LogP contribution is -2.21. The highest BCUT2D eigenvalue weighted by molar-refractivity contribution is 5.99. The van der Waals surface area contributed by atoms with Gasteiger partial charge in [0.2, 0.25) is 0 Å². The van der Waals surface area contributed by atoms with Gasteiger partial charge in [-0.2, -0.15) is 0 Å². The van der Waals surface area contributed by atoms with Crippen molar-refractivity contribution in [1.29, 1.82) is 0 Å². The number of phenols is 1. The first-order valence-electron chi connectivity index (χ1n) is 5.50. The van der Waals surface area contributed by atoms with E-state index in [0.717, 1.165) is 28.7 Å². The molecule has 2 rings (SSSR count). The van der Waals surface area contributed by atoms with Gasteiger partial charge in [-0.1, -0.05) is 12.2 Å². The van der Waals surface area contributed by atoms with Crippen molar-refractivity contribution in [2.45, 2.75) is 26.7 Å². The molecule has 0 saturated carbocycles. The standard InChI is InChI=1S/C14H16O2/c1-8(2)10-6-12-9(3)13(15)5-4-11(12)14(16)7-10/h4-5,10,15H,1,6-7H2,2-3H3. The molecular weight excluding hydrogens is 200 g/mol. The monoisotopic (exact) mass is 216 g/mol. The summed E-state index contributed by atoms with van der Waals surface area (Å²) >= 11 is 0. The number of Topliss-reactive ketones (excluding diaryl/α,β-unsaturated/α-hetero) is 1. The second kappa shape index (κ2) is 3.78. The summed E-state index contributed by atoms with van der Waals surface area (Å²) in [4.78, 5) is 11.9. The van der Waals surface area contributed by atoms with Crippen molar-refractivity contribution >= 4 is 5.78 Å². The highest BCUT2D eigenvalue weighted by Gasteiger charge is 2.27. The van der Waals surface area contributed by atoms with Crippen LogP contribution in [-0.4, -0.2) is 10.9 Å². The molecule has 1 N–H and O–H groups in total. The molecule has 1 aliphatic rings. The van der Waals surface area contributed by atoms with Crippen LogP contribution in [0.25, 0.3) is 0 Å². The lowest BCUT2D eigenvalue weighted by molar-refractivity contribution is 0.0956. The molecule has 0 saturated heterocycles. The first-order chi connectivity index (χ1) is 7.50. The van der Waals surface area contributed by atoms with Gasteiger partial charge in [0, 0.05) is 12.0 Å². The molecule has 0 amide bonds. The maximum atomic E-state index is 11.9. The Morgan fingerprint density at radius 3 is 2.75 bits per heavy atom. The fourth-order valence-corrected chi connectivity index (χ4v) is 2.27. The van der Waals surface area contributed by atoms with Gasteiger partial charge in [-0.15, -0.1) is 0 Å². The molecule has 84 valence electrons. The van der Waals surface area contributed by atoms with E-state index < -0.39 is 0 Å². The van der Waals surface area contributed by atoms with E-state index in [1.54, 1.807) is 12.1 Å². The predicted molar refractivity (Wildman–Crippen MR) is 63.8 cm³/mol. The highest BCUT2D eigenvalue weighted by Crippen LogP contribution is 2.34. The molecule has 0 radical (unpaired) electrons. The van der Waals surface area contributed by atoms with Gasteiger partial charge in [0.1, 0.15) is 5.75 Å². The Labute approximate surface area is 95.6 Å². The molecule has 1 unspecified atom stereocenters. The molecule has 1 atom stereocenters. The maximum absolute atomic E-state index is 11.9. The van der Waals surface area contributed by atoms with Gasteiger partial charge < -0.3 is 5.11 Å². The summed E-state index contributed by atoms with van der Waals surface area (Å²) in [7, 11) is 0. The molecule has 0 fully saturated rings. The Kier molecular flexibility index (Phi) is 2.58. The van der Waals surface area contributed by atoms with E-state index in [4.69, 9.17) is 0 Å².